The SMILES string of the molecule is O=[P+](c1ccccc1)c1cccc2c1-c1ccccc1-2. The maximum atomic E-state index is 12.8. The fourth-order valence-corrected chi connectivity index (χ4v) is 4.18. The van der Waals surface area contributed by atoms with E-state index in [4.69, 9.17) is 0 Å². The molecule has 0 fully saturated rings. The highest BCUT2D eigenvalue weighted by Gasteiger charge is 2.34. The Morgan fingerprint density at radius 1 is 0.600 bits per heavy atom. The second-order valence-corrected chi connectivity index (χ2v) is 6.46. The van der Waals surface area contributed by atoms with E-state index in [1.165, 1.54) is 16.7 Å². The number of fused-ring (bicyclic) bond motifs is 4. The molecule has 0 saturated heterocycles. The molecule has 0 N–H and O–H groups in total. The van der Waals surface area contributed by atoms with Crippen molar-refractivity contribution in [2.75, 3.05) is 0 Å². The van der Waals surface area contributed by atoms with Gasteiger partial charge in [0, 0.05) is 5.56 Å². The first-order valence-corrected chi connectivity index (χ1v) is 7.87. The zero-order chi connectivity index (χ0) is 13.5. The Hall–Kier alpha value is -2.24. The topological polar surface area (TPSA) is 17.1 Å². The summed E-state index contributed by atoms with van der Waals surface area (Å²) in [6, 6.07) is 24.1. The van der Waals surface area contributed by atoms with Crippen LogP contribution in [0, 0.1) is 0 Å². The van der Waals surface area contributed by atoms with Crippen LogP contribution < -0.4 is 10.6 Å². The van der Waals surface area contributed by atoms with Crippen LogP contribution in [0.4, 0.5) is 0 Å². The Balaban J connectivity index is 1.87. The van der Waals surface area contributed by atoms with Gasteiger partial charge in [-0.1, -0.05) is 59.2 Å². The van der Waals surface area contributed by atoms with Crippen LogP contribution in [0.25, 0.3) is 22.3 Å². The Morgan fingerprint density at radius 3 is 2.05 bits per heavy atom. The van der Waals surface area contributed by atoms with E-state index in [2.05, 4.69) is 18.2 Å². The van der Waals surface area contributed by atoms with Crippen LogP contribution in [0.5, 0.6) is 0 Å². The van der Waals surface area contributed by atoms with Crippen molar-refractivity contribution >= 4 is 18.4 Å². The molecule has 0 amide bonds. The molecule has 0 saturated carbocycles. The van der Waals surface area contributed by atoms with Gasteiger partial charge in [0.15, 0.2) is 5.30 Å². The predicted octanol–water partition coefficient (Wildman–Crippen LogP) is 4.11. The number of rotatable bonds is 2. The smallest absolute Gasteiger partial charge is 0.0619 e. The summed E-state index contributed by atoms with van der Waals surface area (Å²) in [6.07, 6.45) is 0. The van der Waals surface area contributed by atoms with Gasteiger partial charge in [-0.25, -0.2) is 0 Å². The van der Waals surface area contributed by atoms with E-state index in [0.717, 1.165) is 16.2 Å². The van der Waals surface area contributed by atoms with Crippen LogP contribution in [0.2, 0.25) is 0 Å². The van der Waals surface area contributed by atoms with E-state index in [1.807, 2.05) is 54.6 Å². The molecular weight excluding hydrogens is 263 g/mol. The largest absolute Gasteiger partial charge is 0.415 e. The van der Waals surface area contributed by atoms with Crippen molar-refractivity contribution in [3.63, 3.8) is 0 Å². The summed E-state index contributed by atoms with van der Waals surface area (Å²) in [7, 11) is -1.53. The summed E-state index contributed by atoms with van der Waals surface area (Å²) in [5.41, 5.74) is 4.86. The third-order valence-corrected chi connectivity index (χ3v) is 5.32. The Labute approximate surface area is 118 Å². The second-order valence-electron chi connectivity index (χ2n) is 4.88. The van der Waals surface area contributed by atoms with Crippen LogP contribution in [0.1, 0.15) is 0 Å². The van der Waals surface area contributed by atoms with Crippen molar-refractivity contribution in [3.05, 3.63) is 72.8 Å². The first-order chi connectivity index (χ1) is 9.86. The molecule has 1 nitrogen and oxygen atoms in total. The number of benzene rings is 3. The first-order valence-electron chi connectivity index (χ1n) is 6.61. The second kappa shape index (κ2) is 4.40. The van der Waals surface area contributed by atoms with Gasteiger partial charge in [0.1, 0.15) is 0 Å². The average molecular weight is 275 g/mol. The lowest BCUT2D eigenvalue weighted by atomic mass is 9.81. The predicted molar refractivity (Wildman–Crippen MR) is 84.2 cm³/mol. The Morgan fingerprint density at radius 2 is 1.25 bits per heavy atom. The molecule has 0 aliphatic heterocycles. The fraction of sp³-hybridized carbons (Fsp3) is 0. The molecule has 1 aliphatic carbocycles. The molecule has 1 atom stereocenters. The standard InChI is InChI=1S/C18H12OP/c19-20(13-7-2-1-3-8-13)17-12-6-11-16-14-9-4-5-10-15(14)18(16)17/h1-12H/q+1. The van der Waals surface area contributed by atoms with Gasteiger partial charge in [0.05, 0.1) is 0 Å². The zero-order valence-electron chi connectivity index (χ0n) is 10.8. The molecule has 4 rings (SSSR count). The third-order valence-electron chi connectivity index (χ3n) is 3.74. The lowest BCUT2D eigenvalue weighted by Gasteiger charge is -2.23. The lowest BCUT2D eigenvalue weighted by Crippen LogP contribution is -2.14. The van der Waals surface area contributed by atoms with Crippen LogP contribution in [-0.4, -0.2) is 0 Å². The number of hydrogen-bond donors (Lipinski definition) is 0. The summed E-state index contributed by atoms with van der Waals surface area (Å²) in [5, 5.41) is 1.84. The molecule has 0 heterocycles. The maximum absolute atomic E-state index is 12.8. The van der Waals surface area contributed by atoms with E-state index in [9.17, 15) is 4.57 Å². The van der Waals surface area contributed by atoms with Gasteiger partial charge in [-0.3, -0.25) is 0 Å². The van der Waals surface area contributed by atoms with Crippen molar-refractivity contribution in [2.24, 2.45) is 0 Å². The summed E-state index contributed by atoms with van der Waals surface area (Å²) >= 11 is 0. The quantitative estimate of drug-likeness (QED) is 0.503. The lowest BCUT2D eigenvalue weighted by molar-refractivity contribution is 0.598. The fourth-order valence-electron chi connectivity index (χ4n) is 2.79. The van der Waals surface area contributed by atoms with Crippen molar-refractivity contribution < 1.29 is 4.57 Å². The molecule has 94 valence electrons. The van der Waals surface area contributed by atoms with Gasteiger partial charge in [0.2, 0.25) is 5.30 Å². The molecule has 0 aromatic heterocycles. The van der Waals surface area contributed by atoms with Crippen molar-refractivity contribution in [3.8, 4) is 22.3 Å². The molecule has 1 unspecified atom stereocenters. The van der Waals surface area contributed by atoms with Gasteiger partial charge in [-0.05, 0) is 34.9 Å². The van der Waals surface area contributed by atoms with Crippen molar-refractivity contribution in [1.82, 2.24) is 0 Å². The third kappa shape index (κ3) is 1.57. The summed E-state index contributed by atoms with van der Waals surface area (Å²) in [5.74, 6) is 0. The van der Waals surface area contributed by atoms with E-state index < -0.39 is 7.80 Å². The molecule has 20 heavy (non-hydrogen) atoms. The number of hydrogen-bond acceptors (Lipinski definition) is 1. The van der Waals surface area contributed by atoms with Crippen LogP contribution in [0.15, 0.2) is 72.8 Å². The molecule has 3 aromatic rings. The minimum absolute atomic E-state index is 0.889. The highest BCUT2D eigenvalue weighted by Crippen LogP contribution is 2.47. The van der Waals surface area contributed by atoms with E-state index in [1.54, 1.807) is 0 Å². The van der Waals surface area contributed by atoms with Crippen molar-refractivity contribution in [2.45, 2.75) is 0 Å². The highest BCUT2D eigenvalue weighted by atomic mass is 31.1. The van der Waals surface area contributed by atoms with Crippen LogP contribution >= 0.6 is 7.80 Å². The van der Waals surface area contributed by atoms with Crippen LogP contribution in [0.3, 0.4) is 0 Å². The van der Waals surface area contributed by atoms with Gasteiger partial charge in [0.25, 0.3) is 0 Å². The van der Waals surface area contributed by atoms with Gasteiger partial charge in [-0.2, -0.15) is 0 Å². The van der Waals surface area contributed by atoms with Crippen molar-refractivity contribution in [1.29, 1.82) is 0 Å². The molecule has 2 heteroatoms. The minimum atomic E-state index is -1.53. The molecule has 0 radical (unpaired) electrons. The molecular formula is C18H12OP+. The highest BCUT2D eigenvalue weighted by molar-refractivity contribution is 7.61. The molecule has 1 aliphatic rings. The summed E-state index contributed by atoms with van der Waals surface area (Å²) < 4.78 is 12.8. The van der Waals surface area contributed by atoms with Gasteiger partial charge >= 0.3 is 7.80 Å². The van der Waals surface area contributed by atoms with E-state index >= 15 is 0 Å². The molecule has 3 aromatic carbocycles. The van der Waals surface area contributed by atoms with Crippen LogP contribution in [-0.2, 0) is 4.57 Å². The zero-order valence-corrected chi connectivity index (χ0v) is 11.7. The normalized spacial score (nSPS) is 12.1. The monoisotopic (exact) mass is 275 g/mol. The first kappa shape index (κ1) is 11.6. The van der Waals surface area contributed by atoms with E-state index in [0.29, 0.717) is 0 Å². The van der Waals surface area contributed by atoms with Gasteiger partial charge < -0.3 is 0 Å². The maximum Gasteiger partial charge on any atom is 0.415 e. The molecule has 0 bridgehead atoms. The molecule has 0 spiro atoms. The Kier molecular flexibility index (Phi) is 2.55. The summed E-state index contributed by atoms with van der Waals surface area (Å²) in [6.45, 7) is 0. The van der Waals surface area contributed by atoms with Gasteiger partial charge in [-0.15, -0.1) is 0 Å². The Bertz CT molecular complexity index is 822. The summed E-state index contributed by atoms with van der Waals surface area (Å²) in [4.78, 5) is 0. The average Bonchev–Trinajstić information content (AvgIpc) is 2.52. The van der Waals surface area contributed by atoms with E-state index in [-0.39, 0.29) is 0 Å². The minimum Gasteiger partial charge on any atom is -0.0619 e.